The van der Waals surface area contributed by atoms with E-state index in [0.29, 0.717) is 18.7 Å². The first-order valence-corrected chi connectivity index (χ1v) is 21.1. The number of fused-ring (bicyclic) bond motifs is 2. The predicted octanol–water partition coefficient (Wildman–Crippen LogP) is 3.70. The van der Waals surface area contributed by atoms with Gasteiger partial charge in [0.15, 0.2) is 0 Å². The molecule has 2 unspecified atom stereocenters. The molecule has 0 aromatic heterocycles. The van der Waals surface area contributed by atoms with Gasteiger partial charge in [-0.15, -0.1) is 0 Å². The van der Waals surface area contributed by atoms with Crippen LogP contribution in [0.2, 0.25) is 0 Å². The summed E-state index contributed by atoms with van der Waals surface area (Å²) in [5.41, 5.74) is 7.58. The number of allylic oxidation sites excluding steroid dienone is 2. The molecule has 0 bridgehead atoms. The van der Waals surface area contributed by atoms with Crippen LogP contribution in [-0.4, -0.2) is 11.3 Å². The van der Waals surface area contributed by atoms with Gasteiger partial charge in [-0.3, -0.25) is 0 Å². The molecule has 0 aliphatic heterocycles. The minimum atomic E-state index is -1.31. The number of hydrogen-bond acceptors (Lipinski definition) is 0. The van der Waals surface area contributed by atoms with E-state index in [-0.39, 0.29) is 32.7 Å². The van der Waals surface area contributed by atoms with Crippen LogP contribution in [0, 0.1) is 0 Å². The minimum Gasteiger partial charge on any atom is -1.00 e. The monoisotopic (exact) mass is 780 g/mol. The fourth-order valence-corrected chi connectivity index (χ4v) is 22.4. The molecular formula is C36H36Cl2HfP2. The van der Waals surface area contributed by atoms with Gasteiger partial charge in [-0.05, 0) is 0 Å². The molecule has 0 saturated heterocycles. The van der Waals surface area contributed by atoms with E-state index in [0.717, 1.165) is 0 Å². The first kappa shape index (κ1) is 32.6. The summed E-state index contributed by atoms with van der Waals surface area (Å²) in [5.74, 6) is 0. The van der Waals surface area contributed by atoms with Crippen molar-refractivity contribution in [3.8, 4) is 0 Å². The van der Waals surface area contributed by atoms with Gasteiger partial charge in [-0.25, -0.2) is 0 Å². The number of hydrogen-bond donors (Lipinski definition) is 0. The van der Waals surface area contributed by atoms with Gasteiger partial charge in [0, 0.05) is 0 Å². The zero-order valence-corrected chi connectivity index (χ0v) is 30.9. The van der Waals surface area contributed by atoms with E-state index < -0.39 is 30.8 Å². The van der Waals surface area contributed by atoms with E-state index in [9.17, 15) is 0 Å². The van der Waals surface area contributed by atoms with Gasteiger partial charge in [0.1, 0.15) is 0 Å². The van der Waals surface area contributed by atoms with Crippen molar-refractivity contribution in [2.45, 2.75) is 46.4 Å². The van der Waals surface area contributed by atoms with Crippen molar-refractivity contribution >= 4 is 38.6 Å². The molecule has 4 aromatic rings. The SMILES string of the molecule is CC(C)P(C1=Cc2ccccc2[CH]1[Hf+2][CH]1C(P(c2ccccc2)c2ccccc2)=Cc2ccccc21)C(C)C.[Cl-].[Cl-]. The van der Waals surface area contributed by atoms with Crippen LogP contribution in [0.3, 0.4) is 0 Å². The Labute approximate surface area is 272 Å². The molecule has 0 nitrogen and oxygen atoms in total. The van der Waals surface area contributed by atoms with Crippen LogP contribution in [-0.2, 0) is 22.9 Å². The van der Waals surface area contributed by atoms with E-state index >= 15 is 0 Å². The fraction of sp³-hybridized carbons (Fsp3) is 0.222. The molecule has 0 N–H and O–H groups in total. The van der Waals surface area contributed by atoms with E-state index in [4.69, 9.17) is 0 Å². The first-order valence-electron chi connectivity index (χ1n) is 14.1. The van der Waals surface area contributed by atoms with Crippen LogP contribution in [0.5, 0.6) is 0 Å². The zero-order chi connectivity index (χ0) is 26.9. The molecule has 2 aliphatic carbocycles. The Hall–Kier alpha value is -1.33. The van der Waals surface area contributed by atoms with Gasteiger partial charge in [0.25, 0.3) is 0 Å². The Morgan fingerprint density at radius 1 is 0.512 bits per heavy atom. The summed E-state index contributed by atoms with van der Waals surface area (Å²) < 4.78 is 1.27. The molecule has 0 spiro atoms. The second-order valence-corrected chi connectivity index (χ2v) is 22.0. The van der Waals surface area contributed by atoms with Crippen LogP contribution in [0.15, 0.2) is 120 Å². The summed E-state index contributed by atoms with van der Waals surface area (Å²) in [4.78, 5) is 0. The van der Waals surface area contributed by atoms with Crippen molar-refractivity contribution in [3.05, 3.63) is 142 Å². The van der Waals surface area contributed by atoms with Crippen molar-refractivity contribution in [1.82, 2.24) is 0 Å². The summed E-state index contributed by atoms with van der Waals surface area (Å²) >= 11 is -1.31. The normalized spacial score (nSPS) is 17.0. The third-order valence-electron chi connectivity index (χ3n) is 7.84. The Morgan fingerprint density at radius 2 is 0.902 bits per heavy atom. The van der Waals surface area contributed by atoms with Crippen LogP contribution < -0.4 is 35.4 Å². The van der Waals surface area contributed by atoms with Gasteiger partial charge >= 0.3 is 250 Å². The Balaban J connectivity index is 0.00000194. The maximum atomic E-state index is 2.63. The van der Waals surface area contributed by atoms with Crippen molar-refractivity contribution in [2.75, 3.05) is 0 Å². The molecule has 4 aromatic carbocycles. The second-order valence-electron chi connectivity index (χ2n) is 11.0. The number of benzene rings is 4. The molecule has 41 heavy (non-hydrogen) atoms. The van der Waals surface area contributed by atoms with Gasteiger partial charge in [0.2, 0.25) is 0 Å². The van der Waals surface area contributed by atoms with Crippen molar-refractivity contribution < 1.29 is 47.7 Å². The molecule has 0 fully saturated rings. The summed E-state index contributed by atoms with van der Waals surface area (Å²) in [7, 11) is -0.759. The third-order valence-corrected chi connectivity index (χ3v) is 22.2. The third kappa shape index (κ3) is 6.61. The first-order chi connectivity index (χ1) is 19.0. The fourth-order valence-electron chi connectivity index (χ4n) is 6.34. The molecule has 0 amide bonds. The van der Waals surface area contributed by atoms with Crippen LogP contribution in [0.1, 0.15) is 57.3 Å². The quantitative estimate of drug-likeness (QED) is 0.189. The molecule has 0 radical (unpaired) electrons. The average molecular weight is 780 g/mol. The van der Waals surface area contributed by atoms with Crippen molar-refractivity contribution in [1.29, 1.82) is 0 Å². The van der Waals surface area contributed by atoms with E-state index in [1.165, 1.54) is 21.7 Å². The largest absolute Gasteiger partial charge is 1.00 e. The minimum absolute atomic E-state index is 0. The summed E-state index contributed by atoms with van der Waals surface area (Å²) in [6, 6.07) is 41.3. The summed E-state index contributed by atoms with van der Waals surface area (Å²) in [5, 5.41) is 6.43. The Kier molecular flexibility index (Phi) is 11.5. The Bertz CT molecular complexity index is 1470. The second kappa shape index (κ2) is 14.4. The standard InChI is InChI=1S/C21H16P.C15H20P.2ClH.Hf/c1-3-11-19(12-4-1)22(20-13-5-2-6-14-20)21-15-17-9-7-8-10-18(17)16-21;1-11(2)16(12(3)4)15-9-13-7-5-6-8-14(13)10-15;;;/h1-16H;5-12H,1-4H3;2*1H;/q;;;;+2/p-2. The van der Waals surface area contributed by atoms with Crippen LogP contribution in [0.4, 0.5) is 0 Å². The number of halogens is 2. The Morgan fingerprint density at radius 3 is 1.37 bits per heavy atom. The molecule has 5 heteroatoms. The van der Waals surface area contributed by atoms with Crippen molar-refractivity contribution in [3.63, 3.8) is 0 Å². The topological polar surface area (TPSA) is 0 Å². The van der Waals surface area contributed by atoms with Crippen LogP contribution >= 0.6 is 15.8 Å². The maximum absolute atomic E-state index is 2.63. The van der Waals surface area contributed by atoms with E-state index in [1.807, 2.05) is 0 Å². The zero-order valence-electron chi connectivity index (χ0n) is 24.0. The van der Waals surface area contributed by atoms with Gasteiger partial charge in [-0.2, -0.15) is 0 Å². The van der Waals surface area contributed by atoms with Crippen molar-refractivity contribution in [2.24, 2.45) is 0 Å². The predicted molar refractivity (Wildman–Crippen MR) is 171 cm³/mol. The average Bonchev–Trinajstić information content (AvgIpc) is 3.48. The van der Waals surface area contributed by atoms with E-state index in [1.54, 1.807) is 21.8 Å². The summed E-state index contributed by atoms with van der Waals surface area (Å²) in [6.07, 6.45) is 5.22. The molecule has 2 aliphatic rings. The molecule has 0 saturated carbocycles. The molecule has 2 atom stereocenters. The molecule has 208 valence electrons. The smallest absolute Gasteiger partial charge is 1.00 e. The molecule has 6 rings (SSSR count). The van der Waals surface area contributed by atoms with E-state index in [2.05, 4.69) is 149 Å². The molecule has 0 heterocycles. The maximum Gasteiger partial charge on any atom is -1.00 e. The van der Waals surface area contributed by atoms with Gasteiger partial charge in [0.05, 0.1) is 0 Å². The van der Waals surface area contributed by atoms with Crippen LogP contribution in [0.25, 0.3) is 12.2 Å². The molecular weight excluding hydrogens is 744 g/mol. The number of rotatable bonds is 8. The van der Waals surface area contributed by atoms with Gasteiger partial charge < -0.3 is 24.8 Å². The summed E-state index contributed by atoms with van der Waals surface area (Å²) in [6.45, 7) is 9.84. The van der Waals surface area contributed by atoms with Gasteiger partial charge in [-0.1, -0.05) is 0 Å².